The van der Waals surface area contributed by atoms with Crippen molar-refractivity contribution in [1.29, 1.82) is 0 Å². The van der Waals surface area contributed by atoms with Crippen molar-refractivity contribution < 1.29 is 9.53 Å². The Morgan fingerprint density at radius 1 is 1.14 bits per heavy atom. The van der Waals surface area contributed by atoms with Gasteiger partial charge < -0.3 is 4.74 Å². The zero-order valence-electron chi connectivity index (χ0n) is 17.1. The minimum Gasteiger partial charge on any atom is -0.360 e. The highest BCUT2D eigenvalue weighted by Gasteiger charge is 2.14. The molecule has 0 unspecified atom stereocenters. The topological polar surface area (TPSA) is 87.7 Å². The third kappa shape index (κ3) is 4.10. The Bertz CT molecular complexity index is 1190. The smallest absolute Gasteiger partial charge is 0.178 e. The van der Waals surface area contributed by atoms with Gasteiger partial charge in [-0.3, -0.25) is 9.78 Å². The number of benzene rings is 1. The van der Waals surface area contributed by atoms with Gasteiger partial charge in [0.25, 0.3) is 0 Å². The molecule has 0 spiro atoms. The van der Waals surface area contributed by atoms with Gasteiger partial charge in [-0.25, -0.2) is 9.36 Å². The molecule has 0 bridgehead atoms. The summed E-state index contributed by atoms with van der Waals surface area (Å²) in [5.41, 5.74) is 3.56. The third-order valence-corrected chi connectivity index (χ3v) is 6.48. The second kappa shape index (κ2) is 7.49. The van der Waals surface area contributed by atoms with E-state index in [0.29, 0.717) is 17.9 Å². The van der Waals surface area contributed by atoms with Crippen LogP contribution in [0.3, 0.4) is 0 Å². The molecule has 0 atom stereocenters. The van der Waals surface area contributed by atoms with Crippen molar-refractivity contribution in [3.63, 3.8) is 0 Å². The third-order valence-electron chi connectivity index (χ3n) is 4.78. The maximum Gasteiger partial charge on any atom is 0.178 e. The average molecular weight is 409 g/mol. The Hall–Kier alpha value is -2.91. The first-order valence-electron chi connectivity index (χ1n) is 9.58. The van der Waals surface area contributed by atoms with Crippen LogP contribution in [0.25, 0.3) is 27.6 Å². The molecule has 8 nitrogen and oxygen atoms in total. The van der Waals surface area contributed by atoms with Crippen molar-refractivity contribution in [2.24, 2.45) is 0 Å². The van der Waals surface area contributed by atoms with E-state index in [4.69, 9.17) is 4.74 Å². The van der Waals surface area contributed by atoms with Crippen LogP contribution in [0, 0.1) is 0 Å². The molecule has 4 rings (SSSR count). The molecule has 0 amide bonds. The second-order valence-corrected chi connectivity index (χ2v) is 14.0. The molecule has 0 aliphatic rings. The van der Waals surface area contributed by atoms with E-state index < -0.39 is 8.07 Å². The quantitative estimate of drug-likeness (QED) is 0.263. The number of hydrogen-bond donors (Lipinski definition) is 0. The lowest BCUT2D eigenvalue weighted by Crippen LogP contribution is -2.22. The van der Waals surface area contributed by atoms with E-state index in [0.717, 1.165) is 34.8 Å². The van der Waals surface area contributed by atoms with Crippen LogP contribution in [0.2, 0.25) is 25.7 Å². The molecule has 0 fully saturated rings. The van der Waals surface area contributed by atoms with Gasteiger partial charge in [0.1, 0.15) is 17.9 Å². The summed E-state index contributed by atoms with van der Waals surface area (Å²) in [6, 6.07) is 8.80. The summed E-state index contributed by atoms with van der Waals surface area (Å²) in [4.78, 5) is 15.8. The number of aromatic nitrogens is 6. The van der Waals surface area contributed by atoms with Crippen LogP contribution < -0.4 is 0 Å². The molecule has 0 aliphatic carbocycles. The Morgan fingerprint density at radius 2 is 1.97 bits per heavy atom. The minimum absolute atomic E-state index is 0.0938. The zero-order valence-corrected chi connectivity index (χ0v) is 18.1. The number of rotatable bonds is 7. The van der Waals surface area contributed by atoms with Crippen LogP contribution in [0.1, 0.15) is 17.4 Å². The van der Waals surface area contributed by atoms with Gasteiger partial charge in [0.15, 0.2) is 5.78 Å². The van der Waals surface area contributed by atoms with Crippen LogP contribution in [0.4, 0.5) is 0 Å². The van der Waals surface area contributed by atoms with E-state index in [1.165, 1.54) is 6.92 Å². The van der Waals surface area contributed by atoms with Gasteiger partial charge in [-0.2, -0.15) is 5.10 Å². The summed E-state index contributed by atoms with van der Waals surface area (Å²) in [7, 11) is -1.12. The molecule has 0 N–H and O–H groups in total. The first-order chi connectivity index (χ1) is 13.8. The summed E-state index contributed by atoms with van der Waals surface area (Å²) in [5.74, 6) is -0.0938. The highest BCUT2D eigenvalue weighted by atomic mass is 28.3. The van der Waals surface area contributed by atoms with E-state index in [1.807, 2.05) is 29.1 Å². The number of hydrogen-bond acceptors (Lipinski definition) is 6. The first kappa shape index (κ1) is 19.4. The predicted octanol–water partition coefficient (Wildman–Crippen LogP) is 3.68. The number of nitrogens with zero attached hydrogens (tertiary/aromatic N) is 6. The highest BCUT2D eigenvalue weighted by Crippen LogP contribution is 2.22. The molecule has 150 valence electrons. The first-order valence-corrected chi connectivity index (χ1v) is 13.3. The standard InChI is InChI=1S/C20H24N6O2Si/c1-14(27)17-10-20-18(12-21-17)23-24-26(20)16-6-5-15-11-22-25(19(15)9-16)13-28-7-8-29(2,3)4/h5-6,9-12H,7-8,13H2,1-4H3. The summed E-state index contributed by atoms with van der Waals surface area (Å²) in [6.45, 7) is 9.65. The van der Waals surface area contributed by atoms with Gasteiger partial charge in [0.2, 0.25) is 0 Å². The lowest BCUT2D eigenvalue weighted by molar-refractivity contribution is 0.0817. The van der Waals surface area contributed by atoms with Gasteiger partial charge in [-0.15, -0.1) is 5.10 Å². The molecule has 0 saturated carbocycles. The Morgan fingerprint density at radius 3 is 2.72 bits per heavy atom. The largest absolute Gasteiger partial charge is 0.360 e. The van der Waals surface area contributed by atoms with E-state index in [1.54, 1.807) is 16.9 Å². The van der Waals surface area contributed by atoms with Crippen molar-refractivity contribution in [2.45, 2.75) is 39.3 Å². The van der Waals surface area contributed by atoms with Gasteiger partial charge >= 0.3 is 0 Å². The molecule has 29 heavy (non-hydrogen) atoms. The number of carbonyl (C=O) groups is 1. The lowest BCUT2D eigenvalue weighted by Gasteiger charge is -2.15. The molecular weight excluding hydrogens is 384 g/mol. The number of pyridine rings is 1. The average Bonchev–Trinajstić information content (AvgIpc) is 3.27. The van der Waals surface area contributed by atoms with Gasteiger partial charge in [0.05, 0.1) is 29.1 Å². The van der Waals surface area contributed by atoms with Gasteiger partial charge in [-0.1, -0.05) is 24.9 Å². The Kier molecular flexibility index (Phi) is 5.01. The van der Waals surface area contributed by atoms with Crippen molar-refractivity contribution in [3.05, 3.63) is 42.4 Å². The SMILES string of the molecule is CC(=O)c1cc2c(cn1)nnn2-c1ccc2cnn(COCC[Si](C)(C)C)c2c1. The molecule has 3 aromatic heterocycles. The molecule has 1 aromatic carbocycles. The van der Waals surface area contributed by atoms with Crippen LogP contribution in [0.15, 0.2) is 36.7 Å². The van der Waals surface area contributed by atoms with Crippen molar-refractivity contribution in [2.75, 3.05) is 6.61 Å². The van der Waals surface area contributed by atoms with Crippen molar-refractivity contribution in [1.82, 2.24) is 29.8 Å². The van der Waals surface area contributed by atoms with Gasteiger partial charge in [-0.05, 0) is 30.3 Å². The van der Waals surface area contributed by atoms with E-state index in [-0.39, 0.29) is 5.78 Å². The molecule has 0 radical (unpaired) electrons. The van der Waals surface area contributed by atoms with Crippen molar-refractivity contribution >= 4 is 35.8 Å². The molecule has 9 heteroatoms. The molecule has 4 aromatic rings. The lowest BCUT2D eigenvalue weighted by atomic mass is 10.2. The number of Topliss-reactive ketones (excluding diaryl/α,β-unsaturated/α-hetero) is 1. The van der Waals surface area contributed by atoms with Crippen LogP contribution in [0.5, 0.6) is 0 Å². The van der Waals surface area contributed by atoms with Gasteiger partial charge in [0, 0.05) is 27.0 Å². The van der Waals surface area contributed by atoms with E-state index in [2.05, 4.69) is 40.0 Å². The maximum atomic E-state index is 11.7. The fourth-order valence-corrected chi connectivity index (χ4v) is 3.79. The molecule has 0 saturated heterocycles. The van der Waals surface area contributed by atoms with Crippen molar-refractivity contribution in [3.8, 4) is 5.69 Å². The molecule has 3 heterocycles. The fourth-order valence-electron chi connectivity index (χ4n) is 3.03. The van der Waals surface area contributed by atoms with E-state index >= 15 is 0 Å². The summed E-state index contributed by atoms with van der Waals surface area (Å²) in [6.07, 6.45) is 3.41. The van der Waals surface area contributed by atoms with Crippen LogP contribution in [-0.2, 0) is 11.5 Å². The number of carbonyl (C=O) groups excluding carboxylic acids is 1. The molecule has 0 aliphatic heterocycles. The second-order valence-electron chi connectivity index (χ2n) is 8.35. The predicted molar refractivity (Wildman–Crippen MR) is 114 cm³/mol. The van der Waals surface area contributed by atoms with Crippen LogP contribution in [-0.4, -0.2) is 50.2 Å². The Labute approximate surface area is 169 Å². The zero-order chi connectivity index (χ0) is 20.6. The maximum absolute atomic E-state index is 11.7. The number of ether oxygens (including phenoxy) is 1. The Balaban J connectivity index is 1.64. The minimum atomic E-state index is -1.12. The molecular formula is C20H24N6O2Si. The monoisotopic (exact) mass is 408 g/mol. The van der Waals surface area contributed by atoms with Crippen LogP contribution >= 0.6 is 0 Å². The summed E-state index contributed by atoms with van der Waals surface area (Å²) >= 11 is 0. The van der Waals surface area contributed by atoms with E-state index in [9.17, 15) is 4.79 Å². The highest BCUT2D eigenvalue weighted by molar-refractivity contribution is 6.76. The normalized spacial score (nSPS) is 12.1. The summed E-state index contributed by atoms with van der Waals surface area (Å²) in [5, 5.41) is 13.9. The number of ketones is 1. The fraction of sp³-hybridized carbons (Fsp3) is 0.350. The number of fused-ring (bicyclic) bond motifs is 2. The summed E-state index contributed by atoms with van der Waals surface area (Å²) < 4.78 is 9.43.